The highest BCUT2D eigenvalue weighted by Crippen LogP contribution is 2.30. The minimum atomic E-state index is 0.525. The summed E-state index contributed by atoms with van der Waals surface area (Å²) in [7, 11) is 2.06. The van der Waals surface area contributed by atoms with Crippen LogP contribution in [0.4, 0.5) is 5.69 Å². The van der Waals surface area contributed by atoms with Gasteiger partial charge >= 0.3 is 0 Å². The molecule has 0 spiro atoms. The number of aryl methyl sites for hydroxylation is 1. The summed E-state index contributed by atoms with van der Waals surface area (Å²) in [5.41, 5.74) is 4.25. The molecule has 0 radical (unpaired) electrons. The maximum Gasteiger partial charge on any atom is 0.0388 e. The highest BCUT2D eigenvalue weighted by molar-refractivity contribution is 5.56. The van der Waals surface area contributed by atoms with Crippen molar-refractivity contribution in [1.82, 2.24) is 5.32 Å². The van der Waals surface area contributed by atoms with Crippen molar-refractivity contribution < 1.29 is 0 Å². The fourth-order valence-corrected chi connectivity index (χ4v) is 2.60. The fraction of sp³-hybridized carbons (Fsp3) is 0.600. The van der Waals surface area contributed by atoms with Gasteiger partial charge in [-0.2, -0.15) is 0 Å². The molecule has 1 atom stereocenters. The first-order chi connectivity index (χ1) is 8.35. The van der Waals surface area contributed by atoms with Crippen molar-refractivity contribution in [2.24, 2.45) is 0 Å². The number of hydrogen-bond acceptors (Lipinski definition) is 2. The van der Waals surface area contributed by atoms with Crippen LogP contribution in [0.2, 0.25) is 0 Å². The lowest BCUT2D eigenvalue weighted by Gasteiger charge is -2.27. The minimum Gasteiger partial charge on any atom is -0.385 e. The minimum absolute atomic E-state index is 0.525. The van der Waals surface area contributed by atoms with Crippen LogP contribution >= 0.6 is 0 Å². The first kappa shape index (κ1) is 12.4. The highest BCUT2D eigenvalue weighted by Gasteiger charge is 2.18. The van der Waals surface area contributed by atoms with Crippen LogP contribution in [0.3, 0.4) is 0 Å². The monoisotopic (exact) mass is 232 g/mol. The second-order valence-corrected chi connectivity index (χ2v) is 4.94. The van der Waals surface area contributed by atoms with E-state index in [0.29, 0.717) is 6.04 Å². The molecule has 1 aromatic rings. The Morgan fingerprint density at radius 3 is 3.00 bits per heavy atom. The van der Waals surface area contributed by atoms with Gasteiger partial charge in [-0.25, -0.2) is 0 Å². The zero-order chi connectivity index (χ0) is 12.1. The van der Waals surface area contributed by atoms with Crippen LogP contribution in [0.25, 0.3) is 0 Å². The molecular formula is C15H24N2. The largest absolute Gasteiger partial charge is 0.385 e. The van der Waals surface area contributed by atoms with Crippen molar-refractivity contribution in [3.63, 3.8) is 0 Å². The number of benzene rings is 1. The van der Waals surface area contributed by atoms with Crippen LogP contribution in [-0.2, 0) is 6.42 Å². The van der Waals surface area contributed by atoms with Crippen molar-refractivity contribution in [1.29, 1.82) is 0 Å². The predicted octanol–water partition coefficient (Wildman–Crippen LogP) is 3.50. The second-order valence-electron chi connectivity index (χ2n) is 4.94. The molecule has 2 heteroatoms. The maximum atomic E-state index is 3.48. The lowest BCUT2D eigenvalue weighted by atomic mass is 9.94. The van der Waals surface area contributed by atoms with E-state index in [1.54, 1.807) is 0 Å². The molecule has 1 aliphatic rings. The van der Waals surface area contributed by atoms with Crippen LogP contribution in [-0.4, -0.2) is 13.6 Å². The van der Waals surface area contributed by atoms with E-state index in [1.807, 2.05) is 0 Å². The van der Waals surface area contributed by atoms with E-state index in [2.05, 4.69) is 42.8 Å². The molecule has 0 amide bonds. The van der Waals surface area contributed by atoms with E-state index in [1.165, 1.54) is 48.9 Å². The number of unbranched alkanes of at least 4 members (excludes halogenated alkanes) is 2. The third-order valence-electron chi connectivity index (χ3n) is 3.66. The van der Waals surface area contributed by atoms with Gasteiger partial charge in [0.15, 0.2) is 0 Å². The molecule has 1 heterocycles. The van der Waals surface area contributed by atoms with E-state index >= 15 is 0 Å². The van der Waals surface area contributed by atoms with Crippen molar-refractivity contribution in [3.05, 3.63) is 29.3 Å². The van der Waals surface area contributed by atoms with Gasteiger partial charge in [0.2, 0.25) is 0 Å². The lowest BCUT2D eigenvalue weighted by Crippen LogP contribution is -2.25. The number of fused-ring (bicyclic) bond motifs is 1. The van der Waals surface area contributed by atoms with E-state index in [4.69, 9.17) is 0 Å². The Labute approximate surface area is 105 Å². The zero-order valence-electron chi connectivity index (χ0n) is 11.1. The summed E-state index contributed by atoms with van der Waals surface area (Å²) < 4.78 is 0. The van der Waals surface area contributed by atoms with Gasteiger partial charge in [0.1, 0.15) is 0 Å². The summed E-state index contributed by atoms with van der Waals surface area (Å²) in [6.45, 7) is 3.33. The SMILES string of the molecule is CCCCCc1ccc2c(c1)C(NC)CCN2. The smallest absolute Gasteiger partial charge is 0.0388 e. The lowest BCUT2D eigenvalue weighted by molar-refractivity contribution is 0.550. The average Bonchev–Trinajstić information content (AvgIpc) is 2.38. The Balaban J connectivity index is 2.10. The molecule has 0 saturated carbocycles. The van der Waals surface area contributed by atoms with Gasteiger partial charge in [0.05, 0.1) is 0 Å². The van der Waals surface area contributed by atoms with E-state index in [9.17, 15) is 0 Å². The van der Waals surface area contributed by atoms with Crippen LogP contribution in [0.1, 0.15) is 49.8 Å². The molecule has 1 unspecified atom stereocenters. The molecule has 94 valence electrons. The first-order valence-electron chi connectivity index (χ1n) is 6.89. The summed E-state index contributed by atoms with van der Waals surface area (Å²) in [5, 5.41) is 6.90. The van der Waals surface area contributed by atoms with E-state index in [-0.39, 0.29) is 0 Å². The Bertz CT molecular complexity index is 360. The van der Waals surface area contributed by atoms with Crippen LogP contribution in [0, 0.1) is 0 Å². The van der Waals surface area contributed by atoms with Gasteiger partial charge in [-0.1, -0.05) is 31.9 Å². The summed E-state index contributed by atoms with van der Waals surface area (Å²) in [4.78, 5) is 0. The predicted molar refractivity (Wildman–Crippen MR) is 74.6 cm³/mol. The van der Waals surface area contributed by atoms with Gasteiger partial charge in [0.25, 0.3) is 0 Å². The molecule has 1 aliphatic heterocycles. The number of nitrogens with one attached hydrogen (secondary N) is 2. The van der Waals surface area contributed by atoms with Crippen molar-refractivity contribution in [2.75, 3.05) is 18.9 Å². The molecule has 2 rings (SSSR count). The summed E-state index contributed by atoms with van der Waals surface area (Å²) in [6, 6.07) is 7.44. The molecule has 2 nitrogen and oxygen atoms in total. The van der Waals surface area contributed by atoms with Crippen molar-refractivity contribution in [2.45, 2.75) is 45.1 Å². The van der Waals surface area contributed by atoms with E-state index in [0.717, 1.165) is 6.54 Å². The summed E-state index contributed by atoms with van der Waals surface area (Å²) in [6.07, 6.45) is 6.35. The molecular weight excluding hydrogens is 208 g/mol. The molecule has 0 saturated heterocycles. The maximum absolute atomic E-state index is 3.48. The second kappa shape index (κ2) is 6.06. The van der Waals surface area contributed by atoms with Crippen LogP contribution in [0.5, 0.6) is 0 Å². The third-order valence-corrected chi connectivity index (χ3v) is 3.66. The fourth-order valence-electron chi connectivity index (χ4n) is 2.60. The van der Waals surface area contributed by atoms with Gasteiger partial charge in [0, 0.05) is 18.3 Å². The van der Waals surface area contributed by atoms with Crippen LogP contribution < -0.4 is 10.6 Å². The molecule has 0 aliphatic carbocycles. The molecule has 0 aromatic heterocycles. The molecule has 1 aromatic carbocycles. The Kier molecular flexibility index (Phi) is 4.43. The highest BCUT2D eigenvalue weighted by atomic mass is 15.0. The quantitative estimate of drug-likeness (QED) is 0.759. The van der Waals surface area contributed by atoms with E-state index < -0.39 is 0 Å². The first-order valence-corrected chi connectivity index (χ1v) is 6.89. The van der Waals surface area contributed by atoms with Crippen molar-refractivity contribution in [3.8, 4) is 0 Å². The topological polar surface area (TPSA) is 24.1 Å². The Morgan fingerprint density at radius 1 is 1.35 bits per heavy atom. The standard InChI is InChI=1S/C15H24N2/c1-3-4-5-6-12-7-8-15-13(11-12)14(16-2)9-10-17-15/h7-8,11,14,16-17H,3-6,9-10H2,1-2H3. The Hall–Kier alpha value is -1.02. The molecule has 2 N–H and O–H groups in total. The van der Waals surface area contributed by atoms with Gasteiger partial charge < -0.3 is 10.6 Å². The third kappa shape index (κ3) is 3.01. The number of hydrogen-bond donors (Lipinski definition) is 2. The van der Waals surface area contributed by atoms with Gasteiger partial charge in [-0.05, 0) is 43.5 Å². The van der Waals surface area contributed by atoms with Gasteiger partial charge in [-0.15, -0.1) is 0 Å². The normalized spacial score (nSPS) is 18.6. The van der Waals surface area contributed by atoms with Crippen LogP contribution in [0.15, 0.2) is 18.2 Å². The summed E-state index contributed by atoms with van der Waals surface area (Å²) >= 11 is 0. The molecule has 17 heavy (non-hydrogen) atoms. The number of anilines is 1. The molecule has 0 fully saturated rings. The number of rotatable bonds is 5. The summed E-state index contributed by atoms with van der Waals surface area (Å²) in [5.74, 6) is 0. The zero-order valence-corrected chi connectivity index (χ0v) is 11.1. The Morgan fingerprint density at radius 2 is 2.24 bits per heavy atom. The average molecular weight is 232 g/mol. The molecule has 0 bridgehead atoms. The van der Waals surface area contributed by atoms with Crippen molar-refractivity contribution >= 4 is 5.69 Å². The van der Waals surface area contributed by atoms with Gasteiger partial charge in [-0.3, -0.25) is 0 Å².